The predicted molar refractivity (Wildman–Crippen MR) is 50.5 cm³/mol. The first kappa shape index (κ1) is 9.62. The van der Waals surface area contributed by atoms with Crippen molar-refractivity contribution in [3.63, 3.8) is 0 Å². The van der Waals surface area contributed by atoms with Gasteiger partial charge in [-0.25, -0.2) is 4.39 Å². The lowest BCUT2D eigenvalue weighted by Crippen LogP contribution is -2.06. The molecule has 0 aromatic heterocycles. The third-order valence-electron chi connectivity index (χ3n) is 2.25. The molecular formula is C11H13FO2. The quantitative estimate of drug-likeness (QED) is 0.689. The largest absolute Gasteiger partial charge is 0.371 e. The van der Waals surface area contributed by atoms with E-state index in [1.54, 1.807) is 6.07 Å². The number of hydrogen-bond acceptors (Lipinski definition) is 2. The molecule has 2 atom stereocenters. The molecule has 0 unspecified atom stereocenters. The molecular weight excluding hydrogens is 183 g/mol. The number of rotatable bonds is 4. The van der Waals surface area contributed by atoms with Crippen molar-refractivity contribution in [3.8, 4) is 0 Å². The SMILES string of the molecule is C[C@H](OC[C@H]1CO1)c1cccc(F)c1. The molecule has 2 rings (SSSR count). The second kappa shape index (κ2) is 4.07. The van der Waals surface area contributed by atoms with Gasteiger partial charge >= 0.3 is 0 Å². The van der Waals surface area contributed by atoms with Crippen LogP contribution in [0.3, 0.4) is 0 Å². The van der Waals surface area contributed by atoms with Crippen molar-refractivity contribution in [2.24, 2.45) is 0 Å². The van der Waals surface area contributed by atoms with Gasteiger partial charge in [0.1, 0.15) is 11.9 Å². The molecule has 1 aliphatic heterocycles. The number of hydrogen-bond donors (Lipinski definition) is 0. The Hall–Kier alpha value is -0.930. The van der Waals surface area contributed by atoms with Crippen molar-refractivity contribution in [2.45, 2.75) is 19.1 Å². The fraction of sp³-hybridized carbons (Fsp3) is 0.455. The van der Waals surface area contributed by atoms with Gasteiger partial charge in [-0.2, -0.15) is 0 Å². The minimum absolute atomic E-state index is 0.0742. The van der Waals surface area contributed by atoms with E-state index in [0.717, 1.165) is 12.2 Å². The lowest BCUT2D eigenvalue weighted by Gasteiger charge is -2.12. The third kappa shape index (κ3) is 2.53. The monoisotopic (exact) mass is 196 g/mol. The topological polar surface area (TPSA) is 21.8 Å². The Morgan fingerprint density at radius 2 is 2.43 bits per heavy atom. The molecule has 1 aromatic carbocycles. The molecule has 0 amide bonds. The molecule has 76 valence electrons. The highest BCUT2D eigenvalue weighted by atomic mass is 19.1. The Balaban J connectivity index is 1.91. The molecule has 0 saturated carbocycles. The van der Waals surface area contributed by atoms with E-state index < -0.39 is 0 Å². The van der Waals surface area contributed by atoms with Crippen LogP contribution < -0.4 is 0 Å². The summed E-state index contributed by atoms with van der Waals surface area (Å²) in [6.07, 6.45) is 0.181. The highest BCUT2D eigenvalue weighted by Crippen LogP contribution is 2.19. The van der Waals surface area contributed by atoms with Crippen molar-refractivity contribution in [1.29, 1.82) is 0 Å². The van der Waals surface area contributed by atoms with Gasteiger partial charge in [-0.1, -0.05) is 12.1 Å². The smallest absolute Gasteiger partial charge is 0.123 e. The van der Waals surface area contributed by atoms with Crippen LogP contribution >= 0.6 is 0 Å². The van der Waals surface area contributed by atoms with Gasteiger partial charge in [0.25, 0.3) is 0 Å². The van der Waals surface area contributed by atoms with Crippen LogP contribution in [0.25, 0.3) is 0 Å². The first-order chi connectivity index (χ1) is 6.75. The van der Waals surface area contributed by atoms with Gasteiger partial charge in [0.05, 0.1) is 19.3 Å². The zero-order valence-electron chi connectivity index (χ0n) is 8.07. The summed E-state index contributed by atoms with van der Waals surface area (Å²) in [5, 5.41) is 0. The van der Waals surface area contributed by atoms with Crippen LogP contribution in [0.1, 0.15) is 18.6 Å². The van der Waals surface area contributed by atoms with E-state index >= 15 is 0 Å². The maximum Gasteiger partial charge on any atom is 0.123 e. The lowest BCUT2D eigenvalue weighted by atomic mass is 10.1. The van der Waals surface area contributed by atoms with Crippen molar-refractivity contribution in [1.82, 2.24) is 0 Å². The Morgan fingerprint density at radius 3 is 3.07 bits per heavy atom. The molecule has 0 spiro atoms. The van der Waals surface area contributed by atoms with E-state index in [4.69, 9.17) is 9.47 Å². The van der Waals surface area contributed by atoms with E-state index in [0.29, 0.717) is 6.61 Å². The fourth-order valence-electron chi connectivity index (χ4n) is 1.27. The zero-order chi connectivity index (χ0) is 9.97. The Bertz CT molecular complexity index is 310. The molecule has 0 N–H and O–H groups in total. The number of halogens is 1. The molecule has 2 nitrogen and oxygen atoms in total. The summed E-state index contributed by atoms with van der Waals surface area (Å²) in [5.74, 6) is -0.222. The standard InChI is InChI=1S/C11H13FO2/c1-8(13-6-11-7-14-11)9-3-2-4-10(12)5-9/h2-5,8,11H,6-7H2,1H3/t8-,11-/m0/s1. The summed E-state index contributed by atoms with van der Waals surface area (Å²) in [4.78, 5) is 0. The Kier molecular flexibility index (Phi) is 2.79. The minimum atomic E-state index is -0.222. The summed E-state index contributed by atoms with van der Waals surface area (Å²) >= 11 is 0. The average molecular weight is 196 g/mol. The predicted octanol–water partition coefficient (Wildman–Crippen LogP) is 2.30. The maximum atomic E-state index is 12.9. The second-order valence-electron chi connectivity index (χ2n) is 3.49. The third-order valence-corrected chi connectivity index (χ3v) is 2.25. The Morgan fingerprint density at radius 1 is 1.64 bits per heavy atom. The molecule has 0 aliphatic carbocycles. The summed E-state index contributed by atoms with van der Waals surface area (Å²) in [7, 11) is 0. The van der Waals surface area contributed by atoms with Crippen LogP contribution in [0.4, 0.5) is 4.39 Å². The van der Waals surface area contributed by atoms with Crippen molar-refractivity contribution < 1.29 is 13.9 Å². The van der Waals surface area contributed by atoms with Gasteiger partial charge in [0, 0.05) is 0 Å². The van der Waals surface area contributed by atoms with Gasteiger partial charge in [-0.3, -0.25) is 0 Å². The molecule has 14 heavy (non-hydrogen) atoms. The van der Waals surface area contributed by atoms with Gasteiger partial charge in [0.15, 0.2) is 0 Å². The fourth-order valence-corrected chi connectivity index (χ4v) is 1.27. The molecule has 1 saturated heterocycles. The summed E-state index contributed by atoms with van der Waals surface area (Å²) < 4.78 is 23.4. The average Bonchev–Trinajstić information content (AvgIpc) is 2.97. The van der Waals surface area contributed by atoms with E-state index in [1.807, 2.05) is 13.0 Å². The van der Waals surface area contributed by atoms with E-state index in [1.165, 1.54) is 12.1 Å². The number of ether oxygens (including phenoxy) is 2. The molecule has 0 radical (unpaired) electrons. The summed E-state index contributed by atoms with van der Waals surface area (Å²) in [6, 6.07) is 6.48. The van der Waals surface area contributed by atoms with Gasteiger partial charge < -0.3 is 9.47 Å². The summed E-state index contributed by atoms with van der Waals surface area (Å²) in [6.45, 7) is 3.30. The van der Waals surface area contributed by atoms with Crippen LogP contribution in [0.5, 0.6) is 0 Å². The van der Waals surface area contributed by atoms with E-state index in [9.17, 15) is 4.39 Å². The van der Waals surface area contributed by atoms with Gasteiger partial charge in [-0.05, 0) is 24.6 Å². The molecule has 1 aromatic rings. The highest BCUT2D eigenvalue weighted by Gasteiger charge is 2.23. The molecule has 0 bridgehead atoms. The van der Waals surface area contributed by atoms with Crippen LogP contribution in [0.15, 0.2) is 24.3 Å². The molecule has 1 aliphatic rings. The van der Waals surface area contributed by atoms with E-state index in [2.05, 4.69) is 0 Å². The van der Waals surface area contributed by atoms with Crippen molar-refractivity contribution in [2.75, 3.05) is 13.2 Å². The van der Waals surface area contributed by atoms with Crippen molar-refractivity contribution in [3.05, 3.63) is 35.6 Å². The van der Waals surface area contributed by atoms with Gasteiger partial charge in [-0.15, -0.1) is 0 Å². The van der Waals surface area contributed by atoms with Crippen LogP contribution in [0.2, 0.25) is 0 Å². The zero-order valence-corrected chi connectivity index (χ0v) is 8.07. The first-order valence-corrected chi connectivity index (χ1v) is 4.74. The molecule has 1 heterocycles. The maximum absolute atomic E-state index is 12.9. The first-order valence-electron chi connectivity index (χ1n) is 4.74. The minimum Gasteiger partial charge on any atom is -0.371 e. The normalized spacial score (nSPS) is 22.0. The Labute approximate surface area is 82.6 Å². The molecule has 1 fully saturated rings. The van der Waals surface area contributed by atoms with Crippen LogP contribution in [-0.2, 0) is 9.47 Å². The number of epoxide rings is 1. The number of benzene rings is 1. The second-order valence-corrected chi connectivity index (χ2v) is 3.49. The lowest BCUT2D eigenvalue weighted by molar-refractivity contribution is 0.0538. The van der Waals surface area contributed by atoms with Gasteiger partial charge in [0.2, 0.25) is 0 Å². The van der Waals surface area contributed by atoms with E-state index in [-0.39, 0.29) is 18.0 Å². The van der Waals surface area contributed by atoms with Crippen LogP contribution in [-0.4, -0.2) is 19.3 Å². The van der Waals surface area contributed by atoms with Crippen molar-refractivity contribution >= 4 is 0 Å². The molecule has 3 heteroatoms. The highest BCUT2D eigenvalue weighted by molar-refractivity contribution is 5.18. The summed E-state index contributed by atoms with van der Waals surface area (Å²) in [5.41, 5.74) is 0.866. The van der Waals surface area contributed by atoms with Crippen LogP contribution in [0, 0.1) is 5.82 Å².